The Morgan fingerprint density at radius 2 is 1.57 bits per heavy atom. The summed E-state index contributed by atoms with van der Waals surface area (Å²) in [5, 5.41) is 40.7. The molecule has 7 heteroatoms. The van der Waals surface area contributed by atoms with Gasteiger partial charge in [-0.1, -0.05) is 45.4 Å². The fourth-order valence-electron chi connectivity index (χ4n) is 2.69. The molecule has 0 bridgehead atoms. The normalized spacial score (nSPS) is 31.1. The zero-order chi connectivity index (χ0) is 17.2. The average Bonchev–Trinajstić information content (AvgIpc) is 2.54. The Hall–Kier alpha value is -0.730. The van der Waals surface area contributed by atoms with Crippen molar-refractivity contribution in [2.24, 2.45) is 0 Å². The van der Waals surface area contributed by atoms with Crippen LogP contribution in [0.25, 0.3) is 0 Å². The van der Waals surface area contributed by atoms with Gasteiger partial charge in [-0.25, -0.2) is 0 Å². The van der Waals surface area contributed by atoms with E-state index in [2.05, 4.69) is 12.2 Å². The Balaban J connectivity index is 2.25. The Kier molecular flexibility index (Phi) is 9.66. The van der Waals surface area contributed by atoms with E-state index in [1.807, 2.05) is 0 Å². The van der Waals surface area contributed by atoms with Crippen LogP contribution in [0.1, 0.15) is 58.3 Å². The van der Waals surface area contributed by atoms with Gasteiger partial charge in [0.05, 0.1) is 6.61 Å². The van der Waals surface area contributed by atoms with Gasteiger partial charge in [0.25, 0.3) is 0 Å². The van der Waals surface area contributed by atoms with Crippen molar-refractivity contribution in [1.29, 1.82) is 0 Å². The first-order valence-corrected chi connectivity index (χ1v) is 8.61. The fraction of sp³-hybridized carbons (Fsp3) is 0.938. The standard InChI is InChI=1S/C16H31NO6/c1-2-3-4-5-6-7-8-9-12(19)17-16-15(22)14(21)13(20)11(10-18)23-16/h11,13-16,18,20-22H,2-10H2,1H3,(H,17,19)/t11-,13-,14+,15+,16-/m1/s1. The van der Waals surface area contributed by atoms with E-state index in [1.165, 1.54) is 25.7 Å². The first-order chi connectivity index (χ1) is 11.0. The van der Waals surface area contributed by atoms with E-state index in [4.69, 9.17) is 9.84 Å². The van der Waals surface area contributed by atoms with Crippen LogP contribution in [0.2, 0.25) is 0 Å². The molecule has 1 aliphatic rings. The van der Waals surface area contributed by atoms with Crippen LogP contribution in [0.3, 0.4) is 0 Å². The highest BCUT2D eigenvalue weighted by Gasteiger charge is 2.43. The SMILES string of the molecule is CCCCCCCCCC(=O)N[C@@H]1O[C@H](CO)[C@@H](O)[C@H](O)[C@@H]1O. The van der Waals surface area contributed by atoms with E-state index >= 15 is 0 Å². The number of ether oxygens (including phenoxy) is 1. The highest BCUT2D eigenvalue weighted by molar-refractivity contribution is 5.76. The van der Waals surface area contributed by atoms with Crippen molar-refractivity contribution in [2.45, 2.75) is 88.9 Å². The highest BCUT2D eigenvalue weighted by Crippen LogP contribution is 2.20. The van der Waals surface area contributed by atoms with Crippen molar-refractivity contribution in [3.63, 3.8) is 0 Å². The van der Waals surface area contributed by atoms with E-state index in [0.29, 0.717) is 6.42 Å². The molecular formula is C16H31NO6. The van der Waals surface area contributed by atoms with Crippen LogP contribution in [0.4, 0.5) is 0 Å². The van der Waals surface area contributed by atoms with Gasteiger partial charge in [-0.2, -0.15) is 0 Å². The summed E-state index contributed by atoms with van der Waals surface area (Å²) in [6.07, 6.45) is 1.60. The number of nitrogens with one attached hydrogen (secondary N) is 1. The number of aliphatic hydroxyl groups is 4. The Morgan fingerprint density at radius 1 is 0.957 bits per heavy atom. The second kappa shape index (κ2) is 10.9. The molecular weight excluding hydrogens is 302 g/mol. The van der Waals surface area contributed by atoms with Crippen molar-refractivity contribution in [2.75, 3.05) is 6.61 Å². The van der Waals surface area contributed by atoms with E-state index in [1.54, 1.807) is 0 Å². The number of aliphatic hydroxyl groups excluding tert-OH is 4. The number of carbonyl (C=O) groups excluding carboxylic acids is 1. The smallest absolute Gasteiger partial charge is 0.222 e. The van der Waals surface area contributed by atoms with Crippen molar-refractivity contribution >= 4 is 5.91 Å². The molecule has 0 aromatic rings. The summed E-state index contributed by atoms with van der Waals surface area (Å²) in [7, 11) is 0. The van der Waals surface area contributed by atoms with Crippen LogP contribution in [0, 0.1) is 0 Å². The van der Waals surface area contributed by atoms with Gasteiger partial charge in [-0.3, -0.25) is 4.79 Å². The first-order valence-electron chi connectivity index (χ1n) is 8.61. The molecule has 1 rings (SSSR count). The maximum absolute atomic E-state index is 11.9. The second-order valence-corrected chi connectivity index (χ2v) is 6.19. The predicted octanol–water partition coefficient (Wildman–Crippen LogP) is 0.0432. The van der Waals surface area contributed by atoms with E-state index < -0.39 is 37.3 Å². The van der Waals surface area contributed by atoms with Gasteiger partial charge < -0.3 is 30.5 Å². The predicted molar refractivity (Wildman–Crippen MR) is 84.5 cm³/mol. The topological polar surface area (TPSA) is 119 Å². The summed E-state index contributed by atoms with van der Waals surface area (Å²) in [5.74, 6) is -0.275. The molecule has 0 spiro atoms. The highest BCUT2D eigenvalue weighted by atomic mass is 16.6. The molecule has 136 valence electrons. The van der Waals surface area contributed by atoms with Crippen LogP contribution in [-0.4, -0.2) is 63.6 Å². The molecule has 0 radical (unpaired) electrons. The maximum Gasteiger partial charge on any atom is 0.222 e. The molecule has 5 atom stereocenters. The van der Waals surface area contributed by atoms with Gasteiger partial charge in [0, 0.05) is 6.42 Å². The molecule has 1 heterocycles. The van der Waals surface area contributed by atoms with E-state index in [-0.39, 0.29) is 5.91 Å². The van der Waals surface area contributed by atoms with Gasteiger partial charge in [0.2, 0.25) is 5.91 Å². The fourth-order valence-corrected chi connectivity index (χ4v) is 2.69. The summed E-state index contributed by atoms with van der Waals surface area (Å²) in [5.41, 5.74) is 0. The second-order valence-electron chi connectivity index (χ2n) is 6.19. The molecule has 7 nitrogen and oxygen atoms in total. The lowest BCUT2D eigenvalue weighted by atomic mass is 9.98. The lowest BCUT2D eigenvalue weighted by Crippen LogP contribution is -2.63. The van der Waals surface area contributed by atoms with E-state index in [9.17, 15) is 20.1 Å². The van der Waals surface area contributed by atoms with Crippen molar-refractivity contribution in [3.05, 3.63) is 0 Å². The summed E-state index contributed by atoms with van der Waals surface area (Å²) in [6.45, 7) is 1.67. The van der Waals surface area contributed by atoms with Gasteiger partial charge in [-0.05, 0) is 6.42 Å². The molecule has 0 unspecified atom stereocenters. The first kappa shape index (κ1) is 20.3. The molecule has 0 aromatic carbocycles. The van der Waals surface area contributed by atoms with Crippen LogP contribution < -0.4 is 5.32 Å². The lowest BCUT2D eigenvalue weighted by molar-refractivity contribution is -0.236. The Labute approximate surface area is 137 Å². The number of hydrogen-bond donors (Lipinski definition) is 5. The molecule has 1 saturated heterocycles. The average molecular weight is 333 g/mol. The van der Waals surface area contributed by atoms with Crippen molar-refractivity contribution < 1.29 is 30.0 Å². The third kappa shape index (κ3) is 6.73. The summed E-state index contributed by atoms with van der Waals surface area (Å²) in [4.78, 5) is 11.9. The molecule has 1 fully saturated rings. The van der Waals surface area contributed by atoms with E-state index in [0.717, 1.165) is 19.3 Å². The summed E-state index contributed by atoms with van der Waals surface area (Å²) in [6, 6.07) is 0. The van der Waals surface area contributed by atoms with Crippen LogP contribution >= 0.6 is 0 Å². The third-order valence-corrected chi connectivity index (χ3v) is 4.20. The van der Waals surface area contributed by atoms with Crippen molar-refractivity contribution in [1.82, 2.24) is 5.32 Å². The van der Waals surface area contributed by atoms with Crippen molar-refractivity contribution in [3.8, 4) is 0 Å². The maximum atomic E-state index is 11.9. The molecule has 5 N–H and O–H groups in total. The minimum atomic E-state index is -1.47. The summed E-state index contributed by atoms with van der Waals surface area (Å²) < 4.78 is 5.23. The minimum absolute atomic E-state index is 0.275. The monoisotopic (exact) mass is 333 g/mol. The van der Waals surface area contributed by atoms with Gasteiger partial charge in [0.1, 0.15) is 24.4 Å². The Morgan fingerprint density at radius 3 is 2.17 bits per heavy atom. The molecule has 1 aliphatic heterocycles. The number of carbonyl (C=O) groups is 1. The molecule has 0 saturated carbocycles. The number of amides is 1. The third-order valence-electron chi connectivity index (χ3n) is 4.20. The van der Waals surface area contributed by atoms with Crippen LogP contribution in [0.5, 0.6) is 0 Å². The molecule has 1 amide bonds. The molecule has 23 heavy (non-hydrogen) atoms. The quantitative estimate of drug-likeness (QED) is 0.360. The van der Waals surface area contributed by atoms with Gasteiger partial charge >= 0.3 is 0 Å². The zero-order valence-electron chi connectivity index (χ0n) is 13.9. The molecule has 0 aromatic heterocycles. The minimum Gasteiger partial charge on any atom is -0.394 e. The number of hydrogen-bond acceptors (Lipinski definition) is 6. The number of rotatable bonds is 10. The largest absolute Gasteiger partial charge is 0.394 e. The molecule has 0 aliphatic carbocycles. The zero-order valence-corrected chi connectivity index (χ0v) is 13.9. The summed E-state index contributed by atoms with van der Waals surface area (Å²) >= 11 is 0. The Bertz CT molecular complexity index is 339. The van der Waals surface area contributed by atoms with Crippen LogP contribution in [-0.2, 0) is 9.53 Å². The lowest BCUT2D eigenvalue weighted by Gasteiger charge is -2.40. The van der Waals surface area contributed by atoms with Gasteiger partial charge in [0.15, 0.2) is 6.23 Å². The van der Waals surface area contributed by atoms with Gasteiger partial charge in [-0.15, -0.1) is 0 Å². The van der Waals surface area contributed by atoms with Crippen LogP contribution in [0.15, 0.2) is 0 Å². The number of unbranched alkanes of at least 4 members (excludes halogenated alkanes) is 6.